The molecule has 124 valence electrons. The Balaban J connectivity index is 1.90. The van der Waals surface area contributed by atoms with Gasteiger partial charge in [-0.25, -0.2) is 0 Å². The Kier molecular flexibility index (Phi) is 7.18. The van der Waals surface area contributed by atoms with Crippen molar-refractivity contribution < 1.29 is 9.84 Å². The molecule has 0 aliphatic heterocycles. The molecule has 0 saturated heterocycles. The first-order valence-electron chi connectivity index (χ1n) is 7.63. The minimum atomic E-state index is 0.133. The molecule has 0 saturated carbocycles. The zero-order chi connectivity index (χ0) is 16.7. The molecular weight excluding hydrogens is 333 g/mol. The van der Waals surface area contributed by atoms with E-state index in [4.69, 9.17) is 33.0 Å². The van der Waals surface area contributed by atoms with Gasteiger partial charge >= 0.3 is 0 Å². The van der Waals surface area contributed by atoms with Gasteiger partial charge in [0, 0.05) is 28.2 Å². The number of benzene rings is 2. The summed E-state index contributed by atoms with van der Waals surface area (Å²) in [6, 6.07) is 13.4. The van der Waals surface area contributed by atoms with Crippen molar-refractivity contribution in [3.05, 3.63) is 63.6 Å². The molecule has 0 amide bonds. The largest absolute Gasteiger partial charge is 0.489 e. The number of aliphatic hydroxyl groups is 1. The molecule has 0 spiro atoms. The minimum Gasteiger partial charge on any atom is -0.489 e. The summed E-state index contributed by atoms with van der Waals surface area (Å²) < 4.78 is 5.75. The minimum absolute atomic E-state index is 0.133. The van der Waals surface area contributed by atoms with Crippen LogP contribution >= 0.6 is 23.2 Å². The van der Waals surface area contributed by atoms with Gasteiger partial charge in [-0.2, -0.15) is 0 Å². The first kappa shape index (κ1) is 18.1. The Morgan fingerprint density at radius 1 is 1.09 bits per heavy atom. The van der Waals surface area contributed by atoms with E-state index in [1.807, 2.05) is 37.3 Å². The first-order chi connectivity index (χ1) is 11.1. The maximum absolute atomic E-state index is 9.17. The molecule has 0 fully saturated rings. The fourth-order valence-corrected chi connectivity index (χ4v) is 2.64. The molecular formula is C18H21Cl2NO2. The van der Waals surface area contributed by atoms with Crippen LogP contribution in [0.5, 0.6) is 5.75 Å². The molecule has 0 aromatic heterocycles. The molecule has 0 heterocycles. The lowest BCUT2D eigenvalue weighted by Gasteiger charge is -2.14. The third kappa shape index (κ3) is 5.40. The van der Waals surface area contributed by atoms with E-state index in [1.54, 1.807) is 12.1 Å². The number of rotatable bonds is 8. The Hall–Kier alpha value is -1.26. The number of ether oxygens (including phenoxy) is 1. The summed E-state index contributed by atoms with van der Waals surface area (Å²) in [6.07, 6.45) is 0.899. The Morgan fingerprint density at radius 3 is 2.30 bits per heavy atom. The van der Waals surface area contributed by atoms with E-state index in [1.165, 1.54) is 0 Å². The molecule has 2 aromatic carbocycles. The molecule has 5 heteroatoms. The van der Waals surface area contributed by atoms with Crippen LogP contribution in [0.15, 0.2) is 42.5 Å². The van der Waals surface area contributed by atoms with Gasteiger partial charge in [0.25, 0.3) is 0 Å². The molecule has 1 unspecified atom stereocenters. The maximum atomic E-state index is 9.17. The predicted octanol–water partition coefficient (Wildman–Crippen LogP) is 4.43. The Morgan fingerprint density at radius 2 is 1.74 bits per heavy atom. The van der Waals surface area contributed by atoms with Gasteiger partial charge in [-0.1, -0.05) is 48.3 Å². The number of hydrogen-bond acceptors (Lipinski definition) is 3. The van der Waals surface area contributed by atoms with Crippen LogP contribution in [0, 0.1) is 0 Å². The lowest BCUT2D eigenvalue weighted by molar-refractivity contribution is 0.238. The monoisotopic (exact) mass is 353 g/mol. The fourth-order valence-electron chi connectivity index (χ4n) is 2.13. The van der Waals surface area contributed by atoms with Crippen molar-refractivity contribution in [2.75, 3.05) is 6.61 Å². The van der Waals surface area contributed by atoms with Crippen LogP contribution in [0.1, 0.15) is 24.5 Å². The van der Waals surface area contributed by atoms with Crippen LogP contribution in [-0.2, 0) is 13.2 Å². The average Bonchev–Trinajstić information content (AvgIpc) is 2.56. The molecule has 0 bridgehead atoms. The van der Waals surface area contributed by atoms with Crippen molar-refractivity contribution in [3.8, 4) is 5.75 Å². The van der Waals surface area contributed by atoms with E-state index >= 15 is 0 Å². The second-order valence-electron chi connectivity index (χ2n) is 5.30. The van der Waals surface area contributed by atoms with Crippen LogP contribution < -0.4 is 10.1 Å². The van der Waals surface area contributed by atoms with Crippen molar-refractivity contribution in [2.45, 2.75) is 32.5 Å². The summed E-state index contributed by atoms with van der Waals surface area (Å²) in [4.78, 5) is 0. The van der Waals surface area contributed by atoms with Gasteiger partial charge in [0.15, 0.2) is 0 Å². The number of halogens is 2. The summed E-state index contributed by atoms with van der Waals surface area (Å²) in [5.74, 6) is 0.763. The summed E-state index contributed by atoms with van der Waals surface area (Å²) in [5.41, 5.74) is 1.93. The van der Waals surface area contributed by atoms with Crippen molar-refractivity contribution in [2.24, 2.45) is 0 Å². The first-order valence-corrected chi connectivity index (χ1v) is 8.38. The van der Waals surface area contributed by atoms with Crippen LogP contribution in [0.4, 0.5) is 0 Å². The zero-order valence-corrected chi connectivity index (χ0v) is 14.6. The third-order valence-corrected chi connectivity index (χ3v) is 4.38. The Bertz CT molecular complexity index is 593. The number of hydrogen-bond donors (Lipinski definition) is 2. The molecule has 0 radical (unpaired) electrons. The van der Waals surface area contributed by atoms with E-state index in [0.29, 0.717) is 16.7 Å². The normalized spacial score (nSPS) is 12.2. The lowest BCUT2D eigenvalue weighted by atomic mass is 10.2. The van der Waals surface area contributed by atoms with Gasteiger partial charge in [0.05, 0.1) is 6.61 Å². The summed E-state index contributed by atoms with van der Waals surface area (Å²) in [6.45, 7) is 3.25. The van der Waals surface area contributed by atoms with Crippen molar-refractivity contribution in [1.29, 1.82) is 0 Å². The second kappa shape index (κ2) is 9.14. The van der Waals surface area contributed by atoms with E-state index in [-0.39, 0.29) is 12.6 Å². The molecule has 2 aromatic rings. The van der Waals surface area contributed by atoms with E-state index in [2.05, 4.69) is 5.32 Å². The average molecular weight is 354 g/mol. The van der Waals surface area contributed by atoms with Crippen LogP contribution in [0.2, 0.25) is 10.0 Å². The van der Waals surface area contributed by atoms with Gasteiger partial charge < -0.3 is 15.2 Å². The van der Waals surface area contributed by atoms with Crippen molar-refractivity contribution in [1.82, 2.24) is 5.32 Å². The highest BCUT2D eigenvalue weighted by Gasteiger charge is 2.07. The molecule has 23 heavy (non-hydrogen) atoms. The molecule has 2 N–H and O–H groups in total. The van der Waals surface area contributed by atoms with Gasteiger partial charge in [0.2, 0.25) is 0 Å². The van der Waals surface area contributed by atoms with Crippen molar-refractivity contribution >= 4 is 23.2 Å². The molecule has 0 aliphatic rings. The SMILES string of the molecule is CCC(CO)NCc1ccc(OCc2c(Cl)cccc2Cl)cc1. The maximum Gasteiger partial charge on any atom is 0.119 e. The highest BCUT2D eigenvalue weighted by molar-refractivity contribution is 6.35. The summed E-state index contributed by atoms with van der Waals surface area (Å²) >= 11 is 12.3. The van der Waals surface area contributed by atoms with Gasteiger partial charge in [-0.3, -0.25) is 0 Å². The number of nitrogens with one attached hydrogen (secondary N) is 1. The quantitative estimate of drug-likeness (QED) is 0.737. The van der Waals surface area contributed by atoms with Gasteiger partial charge in [-0.15, -0.1) is 0 Å². The summed E-state index contributed by atoms with van der Waals surface area (Å²) in [5, 5.41) is 13.7. The van der Waals surface area contributed by atoms with Crippen LogP contribution in [0.3, 0.4) is 0 Å². The standard InChI is InChI=1S/C18H21Cl2NO2/c1-2-14(11-22)21-10-13-6-8-15(9-7-13)23-12-16-17(19)4-3-5-18(16)20/h3-9,14,21-22H,2,10-12H2,1H3. The molecule has 1 atom stereocenters. The Labute approximate surface area is 147 Å². The smallest absolute Gasteiger partial charge is 0.119 e. The van der Waals surface area contributed by atoms with E-state index < -0.39 is 0 Å². The van der Waals surface area contributed by atoms with Gasteiger partial charge in [0.1, 0.15) is 12.4 Å². The predicted molar refractivity (Wildman–Crippen MR) is 95.2 cm³/mol. The zero-order valence-electron chi connectivity index (χ0n) is 13.1. The molecule has 3 nitrogen and oxygen atoms in total. The molecule has 0 aliphatic carbocycles. The second-order valence-corrected chi connectivity index (χ2v) is 6.12. The molecule has 2 rings (SSSR count). The topological polar surface area (TPSA) is 41.5 Å². The summed E-state index contributed by atoms with van der Waals surface area (Å²) in [7, 11) is 0. The lowest BCUT2D eigenvalue weighted by Crippen LogP contribution is -2.31. The van der Waals surface area contributed by atoms with E-state index in [0.717, 1.165) is 29.8 Å². The number of aliphatic hydroxyl groups excluding tert-OH is 1. The van der Waals surface area contributed by atoms with Crippen molar-refractivity contribution in [3.63, 3.8) is 0 Å². The van der Waals surface area contributed by atoms with E-state index in [9.17, 15) is 0 Å². The highest BCUT2D eigenvalue weighted by atomic mass is 35.5. The third-order valence-electron chi connectivity index (χ3n) is 3.68. The fraction of sp³-hybridized carbons (Fsp3) is 0.333. The van der Waals surface area contributed by atoms with Gasteiger partial charge in [-0.05, 0) is 36.2 Å². The highest BCUT2D eigenvalue weighted by Crippen LogP contribution is 2.25. The van der Waals surface area contributed by atoms with Crippen LogP contribution in [0.25, 0.3) is 0 Å². The van der Waals surface area contributed by atoms with Crippen LogP contribution in [-0.4, -0.2) is 17.8 Å².